The fraction of sp³-hybridized carbons (Fsp3) is 0.107. The molecule has 0 bridgehead atoms. The summed E-state index contributed by atoms with van der Waals surface area (Å²) in [5.41, 5.74) is 4.58. The topological polar surface area (TPSA) is 60.7 Å². The van der Waals surface area contributed by atoms with E-state index in [1.807, 2.05) is 87.5 Å². The number of hydrogen-bond acceptors (Lipinski definition) is 3. The third-order valence-electron chi connectivity index (χ3n) is 3.94. The Balaban J connectivity index is 0.000000397. The van der Waals surface area contributed by atoms with Crippen LogP contribution in [0.4, 0.5) is 0 Å². The summed E-state index contributed by atoms with van der Waals surface area (Å²) < 4.78 is 0. The zero-order valence-electron chi connectivity index (χ0n) is 18.9. The Morgan fingerprint density at radius 2 is 0.688 bits per heavy atom. The first-order chi connectivity index (χ1) is 14.8. The van der Waals surface area contributed by atoms with Crippen LogP contribution >= 0.6 is 0 Å². The number of benzene rings is 4. The molecule has 0 unspecified atom stereocenters. The summed E-state index contributed by atoms with van der Waals surface area (Å²) in [5, 5.41) is 26.3. The molecule has 0 aliphatic rings. The van der Waals surface area contributed by atoms with E-state index in [0.29, 0.717) is 17.2 Å². The first-order valence-electron chi connectivity index (χ1n) is 9.90. The van der Waals surface area contributed by atoms with Crippen molar-refractivity contribution in [2.45, 2.75) is 20.8 Å². The van der Waals surface area contributed by atoms with Crippen LogP contribution in [0.2, 0.25) is 0 Å². The number of hydrogen-bond donors (Lipinski definition) is 3. The van der Waals surface area contributed by atoms with Crippen LogP contribution in [0, 0.1) is 27.7 Å². The minimum Gasteiger partial charge on any atom is -0.508 e. The van der Waals surface area contributed by atoms with Gasteiger partial charge in [-0.05, 0) is 57.2 Å². The largest absolute Gasteiger partial charge is 0.508 e. The van der Waals surface area contributed by atoms with Crippen LogP contribution < -0.4 is 0 Å². The molecule has 0 saturated heterocycles. The monoisotopic (exact) mass is 463 g/mol. The quantitative estimate of drug-likeness (QED) is 0.195. The molecular weight excluding hydrogens is 432 g/mol. The summed E-state index contributed by atoms with van der Waals surface area (Å²) >= 11 is 0. The minimum atomic E-state index is 0. The molecule has 0 atom stereocenters. The predicted molar refractivity (Wildman–Crippen MR) is 129 cm³/mol. The maximum Gasteiger partial charge on any atom is 0.115 e. The number of aryl methyl sites for hydroxylation is 3. The molecule has 0 spiro atoms. The Morgan fingerprint density at radius 1 is 0.438 bits per heavy atom. The number of phenolic OH excluding ortho intramolecular Hbond substituents is 3. The molecule has 4 aromatic rings. The van der Waals surface area contributed by atoms with Crippen molar-refractivity contribution in [3.63, 3.8) is 0 Å². The molecule has 0 radical (unpaired) electrons. The van der Waals surface area contributed by atoms with Crippen molar-refractivity contribution < 1.29 is 37.0 Å². The number of aromatic hydroxyl groups is 3. The zero-order chi connectivity index (χ0) is 23.1. The third kappa shape index (κ3) is 14.8. The van der Waals surface area contributed by atoms with Gasteiger partial charge in [-0.3, -0.25) is 0 Å². The van der Waals surface area contributed by atoms with Gasteiger partial charge >= 0.3 is 0 Å². The van der Waals surface area contributed by atoms with Gasteiger partial charge in [0.25, 0.3) is 0 Å². The molecule has 4 rings (SSSR count). The summed E-state index contributed by atoms with van der Waals surface area (Å²) in [6, 6.07) is 31.2. The maximum absolute atomic E-state index is 8.76. The van der Waals surface area contributed by atoms with Crippen molar-refractivity contribution in [3.05, 3.63) is 132 Å². The average molecular weight is 463 g/mol. The van der Waals surface area contributed by atoms with Crippen molar-refractivity contribution in [1.29, 1.82) is 0 Å². The maximum atomic E-state index is 8.76. The van der Waals surface area contributed by atoms with Crippen molar-refractivity contribution in [3.8, 4) is 17.2 Å². The van der Waals surface area contributed by atoms with Gasteiger partial charge in [0.15, 0.2) is 0 Å². The number of phenols is 3. The summed E-state index contributed by atoms with van der Waals surface area (Å²) in [6.07, 6.45) is 0. The molecule has 32 heavy (non-hydrogen) atoms. The van der Waals surface area contributed by atoms with E-state index in [4.69, 9.17) is 15.3 Å². The smallest absolute Gasteiger partial charge is 0.115 e. The molecule has 0 saturated carbocycles. The van der Waals surface area contributed by atoms with E-state index in [0.717, 1.165) is 5.56 Å². The van der Waals surface area contributed by atoms with Crippen LogP contribution in [0.25, 0.3) is 0 Å². The molecule has 4 heteroatoms. The molecule has 0 fully saturated rings. The van der Waals surface area contributed by atoms with Crippen LogP contribution in [0.1, 0.15) is 22.3 Å². The van der Waals surface area contributed by atoms with Crippen LogP contribution in [0.3, 0.4) is 0 Å². The van der Waals surface area contributed by atoms with Gasteiger partial charge < -0.3 is 15.3 Å². The van der Waals surface area contributed by atoms with Crippen molar-refractivity contribution in [2.24, 2.45) is 0 Å². The first kappa shape index (κ1) is 28.9. The van der Waals surface area contributed by atoms with E-state index in [2.05, 4.69) is 6.92 Å². The molecule has 0 heterocycles. The summed E-state index contributed by atoms with van der Waals surface area (Å²) in [4.78, 5) is 0. The normalized spacial score (nSPS) is 8.72. The van der Waals surface area contributed by atoms with Crippen molar-refractivity contribution >= 4 is 0 Å². The van der Waals surface area contributed by atoms with Crippen molar-refractivity contribution in [1.82, 2.24) is 0 Å². The van der Waals surface area contributed by atoms with E-state index < -0.39 is 0 Å². The Bertz CT molecular complexity index is 799. The summed E-state index contributed by atoms with van der Waals surface area (Å²) in [6.45, 7) is 9.68. The van der Waals surface area contributed by atoms with Crippen LogP contribution in [0.5, 0.6) is 17.2 Å². The molecule has 0 amide bonds. The molecule has 0 aromatic heterocycles. The summed E-state index contributed by atoms with van der Waals surface area (Å²) in [5.74, 6) is 0.988. The van der Waals surface area contributed by atoms with Crippen LogP contribution in [0.15, 0.2) is 103 Å². The second-order valence-electron chi connectivity index (χ2n) is 6.99. The van der Waals surface area contributed by atoms with Gasteiger partial charge in [0.05, 0.1) is 0 Å². The second kappa shape index (κ2) is 16.5. The zero-order valence-corrected chi connectivity index (χ0v) is 20.4. The molecule has 4 aromatic carbocycles. The van der Waals surface area contributed by atoms with Gasteiger partial charge in [-0.15, -0.1) is 12.1 Å². The van der Waals surface area contributed by atoms with Gasteiger partial charge in [0, 0.05) is 21.7 Å². The Labute approximate surface area is 206 Å². The van der Waals surface area contributed by atoms with Gasteiger partial charge in [-0.25, -0.2) is 0 Å². The Morgan fingerprint density at radius 3 is 0.844 bits per heavy atom. The fourth-order valence-corrected chi connectivity index (χ4v) is 2.11. The van der Waals surface area contributed by atoms with Crippen LogP contribution in [-0.4, -0.2) is 15.3 Å². The van der Waals surface area contributed by atoms with E-state index in [9.17, 15) is 0 Å². The molecular formula is C28H31O3Ti-. The Kier molecular flexibility index (Phi) is 14.9. The molecule has 3 N–H and O–H groups in total. The van der Waals surface area contributed by atoms with Gasteiger partial charge in [0.1, 0.15) is 17.2 Å². The SMILES string of the molecule is Cc1ccc(O)cc1.Cc1ccc(O)cc1.Cc1ccc(O)cc1.[CH2-]c1ccccc1.[Ti]. The predicted octanol–water partition coefficient (Wildman–Crippen LogP) is 6.97. The van der Waals surface area contributed by atoms with E-state index in [1.165, 1.54) is 16.7 Å². The molecule has 166 valence electrons. The Hall–Kier alpha value is -3.14. The first-order valence-corrected chi connectivity index (χ1v) is 9.90. The van der Waals surface area contributed by atoms with Crippen molar-refractivity contribution in [2.75, 3.05) is 0 Å². The van der Waals surface area contributed by atoms with Gasteiger partial charge in [0.2, 0.25) is 0 Å². The van der Waals surface area contributed by atoms with Gasteiger partial charge in [-0.2, -0.15) is 24.6 Å². The average Bonchev–Trinajstić information content (AvgIpc) is 2.76. The third-order valence-corrected chi connectivity index (χ3v) is 3.94. The van der Waals surface area contributed by atoms with Crippen LogP contribution in [-0.2, 0) is 21.7 Å². The van der Waals surface area contributed by atoms with E-state index >= 15 is 0 Å². The summed E-state index contributed by atoms with van der Waals surface area (Å²) in [7, 11) is 0. The standard InChI is InChI=1S/3C7H8O.C7H7.Ti/c3*1-6-2-4-7(8)5-3-6;1-7-5-3-2-4-6-7;/h3*2-5,8H,1H3;2-6H,1H2;/q;;;-1;. The minimum absolute atomic E-state index is 0. The van der Waals surface area contributed by atoms with E-state index in [-0.39, 0.29) is 21.7 Å². The molecule has 3 nitrogen and oxygen atoms in total. The second-order valence-corrected chi connectivity index (χ2v) is 6.99. The van der Waals surface area contributed by atoms with E-state index in [1.54, 1.807) is 36.4 Å². The fourth-order valence-electron chi connectivity index (χ4n) is 2.11. The van der Waals surface area contributed by atoms with Gasteiger partial charge in [-0.1, -0.05) is 59.2 Å². The number of rotatable bonds is 0. The molecule has 0 aliphatic carbocycles. The molecule has 0 aliphatic heterocycles.